The van der Waals surface area contributed by atoms with Gasteiger partial charge >= 0.3 is 0 Å². The summed E-state index contributed by atoms with van der Waals surface area (Å²) in [5.41, 5.74) is -0.715. The molecule has 1 aromatic rings. The fourth-order valence-electron chi connectivity index (χ4n) is 2.06. The van der Waals surface area contributed by atoms with E-state index in [2.05, 4.69) is 0 Å². The molecule has 0 aromatic heterocycles. The van der Waals surface area contributed by atoms with Gasteiger partial charge in [-0.15, -0.1) is 0 Å². The minimum atomic E-state index is -3.16. The van der Waals surface area contributed by atoms with E-state index in [1.165, 1.54) is 12.1 Å². The molecule has 1 N–H and O–H groups in total. The maximum absolute atomic E-state index is 12.8. The lowest BCUT2D eigenvalue weighted by Gasteiger charge is -2.21. The second-order valence-corrected chi connectivity index (χ2v) is 7.07. The smallest absolute Gasteiger partial charge is 0.153 e. The highest BCUT2D eigenvalue weighted by atomic mass is 35.5. The monoisotopic (exact) mass is 278 g/mol. The van der Waals surface area contributed by atoms with Gasteiger partial charge in [0.2, 0.25) is 0 Å². The summed E-state index contributed by atoms with van der Waals surface area (Å²) in [6, 6.07) is 3.87. The van der Waals surface area contributed by atoms with Crippen LogP contribution in [0.2, 0.25) is 5.02 Å². The van der Waals surface area contributed by atoms with Crippen molar-refractivity contribution >= 4 is 21.4 Å². The molecule has 3 nitrogen and oxygen atoms in total. The molecule has 0 aliphatic carbocycles. The quantitative estimate of drug-likeness (QED) is 0.893. The number of rotatable bonds is 2. The first-order valence-electron chi connectivity index (χ1n) is 5.16. The lowest BCUT2D eigenvalue weighted by atomic mass is 9.94. The molecule has 0 radical (unpaired) electrons. The SMILES string of the molecule is O=S1(=O)CCC(O)(Cc2ccc(F)cc2Cl)C1. The summed E-state index contributed by atoms with van der Waals surface area (Å²) in [6.45, 7) is 0. The Morgan fingerprint density at radius 1 is 1.47 bits per heavy atom. The molecule has 0 amide bonds. The molecule has 1 heterocycles. The van der Waals surface area contributed by atoms with Crippen LogP contribution in [0.25, 0.3) is 0 Å². The third-order valence-electron chi connectivity index (χ3n) is 2.90. The molecule has 1 saturated heterocycles. The van der Waals surface area contributed by atoms with Gasteiger partial charge in [0.1, 0.15) is 5.82 Å². The van der Waals surface area contributed by atoms with E-state index >= 15 is 0 Å². The Balaban J connectivity index is 2.22. The Morgan fingerprint density at radius 3 is 2.71 bits per heavy atom. The molecule has 1 atom stereocenters. The molecular formula is C11H12ClFO3S. The zero-order valence-electron chi connectivity index (χ0n) is 8.99. The zero-order chi connectivity index (χ0) is 12.7. The highest BCUT2D eigenvalue weighted by molar-refractivity contribution is 7.91. The van der Waals surface area contributed by atoms with E-state index < -0.39 is 21.3 Å². The van der Waals surface area contributed by atoms with E-state index in [0.29, 0.717) is 5.56 Å². The number of hydrogen-bond acceptors (Lipinski definition) is 3. The molecule has 1 aliphatic heterocycles. The number of halogens is 2. The number of hydrogen-bond donors (Lipinski definition) is 1. The fraction of sp³-hybridized carbons (Fsp3) is 0.455. The first kappa shape index (κ1) is 12.8. The maximum atomic E-state index is 12.8. The average Bonchev–Trinajstić information content (AvgIpc) is 2.46. The van der Waals surface area contributed by atoms with Crippen molar-refractivity contribution in [2.75, 3.05) is 11.5 Å². The molecule has 2 rings (SSSR count). The maximum Gasteiger partial charge on any atom is 0.153 e. The van der Waals surface area contributed by atoms with Crippen LogP contribution in [0.3, 0.4) is 0 Å². The van der Waals surface area contributed by atoms with Crippen LogP contribution in [0.4, 0.5) is 4.39 Å². The summed E-state index contributed by atoms with van der Waals surface area (Å²) in [7, 11) is -3.16. The van der Waals surface area contributed by atoms with Crippen molar-refractivity contribution in [3.63, 3.8) is 0 Å². The molecule has 6 heteroatoms. The van der Waals surface area contributed by atoms with E-state index in [4.69, 9.17) is 11.6 Å². The van der Waals surface area contributed by atoms with Crippen LogP contribution >= 0.6 is 11.6 Å². The molecule has 1 fully saturated rings. The van der Waals surface area contributed by atoms with Crippen molar-refractivity contribution in [1.29, 1.82) is 0 Å². The van der Waals surface area contributed by atoms with E-state index in [9.17, 15) is 17.9 Å². The zero-order valence-corrected chi connectivity index (χ0v) is 10.6. The summed E-state index contributed by atoms with van der Waals surface area (Å²) in [6.07, 6.45) is 0.328. The van der Waals surface area contributed by atoms with Crippen molar-refractivity contribution in [1.82, 2.24) is 0 Å². The van der Waals surface area contributed by atoms with Gasteiger partial charge in [-0.2, -0.15) is 0 Å². The number of benzene rings is 1. The fourth-order valence-corrected chi connectivity index (χ4v) is 4.19. The van der Waals surface area contributed by atoms with Crippen LogP contribution in [0, 0.1) is 5.82 Å². The normalized spacial score (nSPS) is 27.2. The van der Waals surface area contributed by atoms with Crippen LogP contribution in [0.15, 0.2) is 18.2 Å². The Kier molecular flexibility index (Phi) is 3.18. The standard InChI is InChI=1S/C11H12ClFO3S/c12-10-5-9(13)2-1-8(10)6-11(14)3-4-17(15,16)7-11/h1-2,5,14H,3-4,6-7H2. The Hall–Kier alpha value is -0.650. The molecule has 1 aliphatic rings. The average molecular weight is 279 g/mol. The van der Waals surface area contributed by atoms with Gasteiger partial charge in [0.25, 0.3) is 0 Å². The summed E-state index contributed by atoms with van der Waals surface area (Å²) in [5.74, 6) is -0.722. The van der Waals surface area contributed by atoms with Gasteiger partial charge in [-0.3, -0.25) is 0 Å². The second kappa shape index (κ2) is 4.23. The van der Waals surface area contributed by atoms with E-state index in [0.717, 1.165) is 6.07 Å². The predicted molar refractivity (Wildman–Crippen MR) is 63.3 cm³/mol. The summed E-state index contributed by atoms with van der Waals surface area (Å²) in [4.78, 5) is 0. The molecule has 94 valence electrons. The predicted octanol–water partition coefficient (Wildman–Crippen LogP) is 1.57. The van der Waals surface area contributed by atoms with Gasteiger partial charge in [0, 0.05) is 11.4 Å². The second-order valence-electron chi connectivity index (χ2n) is 4.48. The molecule has 17 heavy (non-hydrogen) atoms. The van der Waals surface area contributed by atoms with Crippen LogP contribution in [-0.4, -0.2) is 30.6 Å². The summed E-state index contributed by atoms with van der Waals surface area (Å²) >= 11 is 5.84. The van der Waals surface area contributed by atoms with Crippen LogP contribution in [0.1, 0.15) is 12.0 Å². The Morgan fingerprint density at radius 2 is 2.18 bits per heavy atom. The van der Waals surface area contributed by atoms with Crippen LogP contribution in [0.5, 0.6) is 0 Å². The first-order valence-corrected chi connectivity index (χ1v) is 7.36. The Bertz CT molecular complexity index is 544. The largest absolute Gasteiger partial charge is 0.388 e. The lowest BCUT2D eigenvalue weighted by molar-refractivity contribution is 0.0682. The highest BCUT2D eigenvalue weighted by Gasteiger charge is 2.40. The van der Waals surface area contributed by atoms with Gasteiger partial charge < -0.3 is 5.11 Å². The summed E-state index contributed by atoms with van der Waals surface area (Å²) < 4.78 is 35.5. The first-order chi connectivity index (χ1) is 7.80. The van der Waals surface area contributed by atoms with Crippen LogP contribution in [-0.2, 0) is 16.3 Å². The molecule has 0 spiro atoms. The van der Waals surface area contributed by atoms with Crippen LogP contribution < -0.4 is 0 Å². The molecule has 1 unspecified atom stereocenters. The van der Waals surface area contributed by atoms with Gasteiger partial charge in [-0.25, -0.2) is 12.8 Å². The third kappa shape index (κ3) is 2.97. The number of sulfone groups is 1. The van der Waals surface area contributed by atoms with Crippen molar-refractivity contribution in [3.8, 4) is 0 Å². The third-order valence-corrected chi connectivity index (χ3v) is 5.06. The van der Waals surface area contributed by atoms with Gasteiger partial charge in [-0.1, -0.05) is 17.7 Å². The van der Waals surface area contributed by atoms with Gasteiger partial charge in [0.05, 0.1) is 17.1 Å². The highest BCUT2D eigenvalue weighted by Crippen LogP contribution is 2.30. The van der Waals surface area contributed by atoms with E-state index in [-0.39, 0.29) is 29.4 Å². The minimum absolute atomic E-state index is 0.0116. The van der Waals surface area contributed by atoms with Gasteiger partial charge in [-0.05, 0) is 24.1 Å². The minimum Gasteiger partial charge on any atom is -0.388 e. The van der Waals surface area contributed by atoms with E-state index in [1.807, 2.05) is 0 Å². The lowest BCUT2D eigenvalue weighted by Crippen LogP contribution is -2.32. The molecule has 1 aromatic carbocycles. The molecule has 0 bridgehead atoms. The number of aliphatic hydroxyl groups is 1. The summed E-state index contributed by atoms with van der Waals surface area (Å²) in [5, 5.41) is 10.4. The Labute approximate surface area is 104 Å². The molecule has 0 saturated carbocycles. The molecular weight excluding hydrogens is 267 g/mol. The van der Waals surface area contributed by atoms with Crippen molar-refractivity contribution in [3.05, 3.63) is 34.6 Å². The topological polar surface area (TPSA) is 54.4 Å². The van der Waals surface area contributed by atoms with Crippen molar-refractivity contribution in [2.45, 2.75) is 18.4 Å². The van der Waals surface area contributed by atoms with Crippen molar-refractivity contribution in [2.24, 2.45) is 0 Å². The van der Waals surface area contributed by atoms with Gasteiger partial charge in [0.15, 0.2) is 9.84 Å². The van der Waals surface area contributed by atoms with E-state index in [1.54, 1.807) is 0 Å². The van der Waals surface area contributed by atoms with Crippen molar-refractivity contribution < 1.29 is 17.9 Å².